The fourth-order valence-corrected chi connectivity index (χ4v) is 17.9. The van der Waals surface area contributed by atoms with Gasteiger partial charge in [0.1, 0.15) is 0 Å². The molecular formula is C53H33NSSi. The van der Waals surface area contributed by atoms with Crippen LogP contribution in [0.3, 0.4) is 0 Å². The van der Waals surface area contributed by atoms with Crippen LogP contribution in [0.25, 0.3) is 33.0 Å². The number of hydrogen-bond donors (Lipinski definition) is 0. The summed E-state index contributed by atoms with van der Waals surface area (Å²) >= 11 is 1.91. The van der Waals surface area contributed by atoms with Crippen LogP contribution in [0.1, 0.15) is 22.3 Å². The Morgan fingerprint density at radius 3 is 1.46 bits per heavy atom. The molecule has 0 aliphatic carbocycles. The molecule has 4 heterocycles. The Balaban J connectivity index is 1.11. The number of benzene rings is 9. The van der Waals surface area contributed by atoms with Crippen LogP contribution in [0.5, 0.6) is 0 Å². The van der Waals surface area contributed by atoms with E-state index in [4.69, 9.17) is 0 Å². The van der Waals surface area contributed by atoms with Gasteiger partial charge in [-0.15, -0.1) is 0 Å². The molecule has 0 amide bonds. The average Bonchev–Trinajstić information content (AvgIpc) is 3.73. The Morgan fingerprint density at radius 2 is 0.839 bits per heavy atom. The van der Waals surface area contributed by atoms with Gasteiger partial charge in [-0.25, -0.2) is 0 Å². The van der Waals surface area contributed by atoms with Crippen LogP contribution in [0, 0.1) is 0 Å². The van der Waals surface area contributed by atoms with E-state index in [0.29, 0.717) is 0 Å². The highest BCUT2D eigenvalue weighted by Crippen LogP contribution is 2.63. The first-order valence-corrected chi connectivity index (χ1v) is 22.3. The van der Waals surface area contributed by atoms with Gasteiger partial charge in [0, 0.05) is 15.5 Å². The van der Waals surface area contributed by atoms with Gasteiger partial charge >= 0.3 is 0 Å². The molecule has 0 aromatic heterocycles. The quantitative estimate of drug-likeness (QED) is 0.154. The number of fused-ring (bicyclic) bond motifs is 19. The van der Waals surface area contributed by atoms with Crippen molar-refractivity contribution in [2.75, 3.05) is 4.90 Å². The van der Waals surface area contributed by atoms with Gasteiger partial charge in [-0.1, -0.05) is 169 Å². The summed E-state index contributed by atoms with van der Waals surface area (Å²) in [4.78, 5) is 5.21. The molecule has 9 aromatic rings. The zero-order chi connectivity index (χ0) is 36.6. The molecule has 2 spiro atoms. The van der Waals surface area contributed by atoms with Crippen molar-refractivity contribution in [2.24, 2.45) is 0 Å². The lowest BCUT2D eigenvalue weighted by molar-refractivity contribution is 0.693. The van der Waals surface area contributed by atoms with Crippen LogP contribution >= 0.6 is 11.8 Å². The third-order valence-corrected chi connectivity index (χ3v) is 19.2. The molecule has 3 heteroatoms. The van der Waals surface area contributed by atoms with E-state index < -0.39 is 13.5 Å². The maximum absolute atomic E-state index is 2.62. The van der Waals surface area contributed by atoms with Gasteiger partial charge in [-0.05, 0) is 118 Å². The lowest BCUT2D eigenvalue weighted by Crippen LogP contribution is -2.70. The van der Waals surface area contributed by atoms with E-state index in [1.165, 1.54) is 103 Å². The zero-order valence-corrected chi connectivity index (χ0v) is 32.2. The van der Waals surface area contributed by atoms with Crippen LogP contribution < -0.4 is 25.6 Å². The highest BCUT2D eigenvalue weighted by atomic mass is 32.2. The number of hydrogen-bond acceptors (Lipinski definition) is 2. The van der Waals surface area contributed by atoms with Crippen LogP contribution in [-0.4, -0.2) is 8.07 Å². The van der Waals surface area contributed by atoms with Crippen molar-refractivity contribution in [2.45, 2.75) is 15.2 Å². The summed E-state index contributed by atoms with van der Waals surface area (Å²) in [7, 11) is -2.62. The SMILES string of the molecule is c1ccc2c(c1)Sc1cc3ccccc3cc1C21c2ccccc2N(c2ccc3c(c2)[Si]2(c4ccccc4-c4ccccc42)c2ccccc2-3)c2ccccc21. The average molecular weight is 744 g/mol. The first kappa shape index (κ1) is 30.9. The molecule has 9 aromatic carbocycles. The van der Waals surface area contributed by atoms with Gasteiger partial charge in [-0.2, -0.15) is 0 Å². The molecule has 0 N–H and O–H groups in total. The first-order valence-electron chi connectivity index (χ1n) is 19.5. The standard InChI is InChI=1S/C53H33NSSi/c1-2-16-35-32-48-44(31-34(35)15-1)53(43-22-8-11-25-47(43)55-48)41-20-6-9-23-45(41)54(46-24-10-7-21-42(46)53)36-29-30-40-39-19-5-14-28-51(39)56(52(40)33-36)49-26-12-3-17-37(49)38-18-4-13-27-50(38)56/h1-33H. The van der Waals surface area contributed by atoms with Crippen molar-refractivity contribution in [1.82, 2.24) is 0 Å². The largest absolute Gasteiger partial charge is 0.310 e. The zero-order valence-electron chi connectivity index (χ0n) is 30.4. The van der Waals surface area contributed by atoms with Crippen LogP contribution in [-0.2, 0) is 5.41 Å². The van der Waals surface area contributed by atoms with Crippen LogP contribution in [0.15, 0.2) is 210 Å². The number of para-hydroxylation sites is 2. The van der Waals surface area contributed by atoms with Crippen molar-refractivity contribution in [3.05, 3.63) is 222 Å². The molecule has 0 saturated heterocycles. The second-order valence-electron chi connectivity index (χ2n) is 15.5. The van der Waals surface area contributed by atoms with Gasteiger partial charge in [0.2, 0.25) is 0 Å². The topological polar surface area (TPSA) is 3.24 Å². The van der Waals surface area contributed by atoms with E-state index in [1.54, 1.807) is 0 Å². The van der Waals surface area contributed by atoms with E-state index in [9.17, 15) is 0 Å². The fourth-order valence-electron chi connectivity index (χ4n) is 11.1. The summed E-state index contributed by atoms with van der Waals surface area (Å²) in [5.74, 6) is 0. The van der Waals surface area contributed by atoms with Crippen molar-refractivity contribution >= 4 is 68.4 Å². The molecule has 56 heavy (non-hydrogen) atoms. The number of rotatable bonds is 1. The molecule has 0 unspecified atom stereocenters. The molecule has 0 atom stereocenters. The highest BCUT2D eigenvalue weighted by molar-refractivity contribution is 7.99. The molecule has 0 bridgehead atoms. The van der Waals surface area contributed by atoms with Crippen molar-refractivity contribution < 1.29 is 0 Å². The van der Waals surface area contributed by atoms with Gasteiger partial charge < -0.3 is 4.90 Å². The van der Waals surface area contributed by atoms with E-state index >= 15 is 0 Å². The monoisotopic (exact) mass is 743 g/mol. The highest BCUT2D eigenvalue weighted by Gasteiger charge is 2.55. The van der Waals surface area contributed by atoms with Crippen LogP contribution in [0.4, 0.5) is 17.1 Å². The van der Waals surface area contributed by atoms with E-state index in [2.05, 4.69) is 205 Å². The first-order chi connectivity index (χ1) is 27.8. The molecule has 0 radical (unpaired) electrons. The Labute approximate surface area is 331 Å². The molecule has 0 saturated carbocycles. The lowest BCUT2D eigenvalue weighted by Gasteiger charge is -2.49. The van der Waals surface area contributed by atoms with Crippen molar-refractivity contribution in [3.63, 3.8) is 0 Å². The van der Waals surface area contributed by atoms with E-state index in [0.717, 1.165) is 0 Å². The summed E-state index contributed by atoms with van der Waals surface area (Å²) in [6, 6.07) is 76.4. The normalized spacial score (nSPS) is 15.3. The van der Waals surface area contributed by atoms with E-state index in [-0.39, 0.29) is 0 Å². The third-order valence-electron chi connectivity index (χ3n) is 13.1. The van der Waals surface area contributed by atoms with Gasteiger partial charge in [0.05, 0.1) is 16.8 Å². The van der Waals surface area contributed by atoms with Crippen molar-refractivity contribution in [3.8, 4) is 22.3 Å². The Kier molecular flexibility index (Phi) is 6.12. The molecule has 13 rings (SSSR count). The summed E-state index contributed by atoms with van der Waals surface area (Å²) in [5, 5.41) is 8.54. The predicted molar refractivity (Wildman–Crippen MR) is 236 cm³/mol. The summed E-state index contributed by atoms with van der Waals surface area (Å²) in [5.41, 5.74) is 14.0. The van der Waals surface area contributed by atoms with Gasteiger partial charge in [-0.3, -0.25) is 0 Å². The lowest BCUT2D eigenvalue weighted by atomic mass is 9.62. The molecule has 4 aliphatic heterocycles. The van der Waals surface area contributed by atoms with Crippen molar-refractivity contribution in [1.29, 1.82) is 0 Å². The maximum Gasteiger partial charge on any atom is 0.182 e. The van der Waals surface area contributed by atoms with Gasteiger partial charge in [0.15, 0.2) is 8.07 Å². The number of nitrogens with zero attached hydrogens (tertiary/aromatic N) is 1. The summed E-state index contributed by atoms with van der Waals surface area (Å²) < 4.78 is 0. The maximum atomic E-state index is 2.58. The minimum Gasteiger partial charge on any atom is -0.310 e. The van der Waals surface area contributed by atoms with Gasteiger partial charge in [0.25, 0.3) is 0 Å². The minimum atomic E-state index is -2.62. The Bertz CT molecular complexity index is 3050. The molecule has 1 nitrogen and oxygen atoms in total. The second kappa shape index (κ2) is 11.1. The van der Waals surface area contributed by atoms with Crippen LogP contribution in [0.2, 0.25) is 0 Å². The molecular weight excluding hydrogens is 711 g/mol. The Morgan fingerprint density at radius 1 is 0.357 bits per heavy atom. The smallest absolute Gasteiger partial charge is 0.182 e. The second-order valence-corrected chi connectivity index (χ2v) is 20.3. The fraction of sp³-hybridized carbons (Fsp3) is 0.0189. The summed E-state index contributed by atoms with van der Waals surface area (Å²) in [6.07, 6.45) is 0. The predicted octanol–water partition coefficient (Wildman–Crippen LogP) is 10.8. The third kappa shape index (κ3) is 3.68. The molecule has 0 fully saturated rings. The Hall–Kier alpha value is -6.39. The number of anilines is 3. The summed E-state index contributed by atoms with van der Waals surface area (Å²) in [6.45, 7) is 0. The van der Waals surface area contributed by atoms with E-state index in [1.807, 2.05) is 11.8 Å². The molecule has 260 valence electrons. The minimum absolute atomic E-state index is 0.503. The molecule has 4 aliphatic rings.